The fourth-order valence-electron chi connectivity index (χ4n) is 5.33. The summed E-state index contributed by atoms with van der Waals surface area (Å²) in [5.41, 5.74) is 8.28. The van der Waals surface area contributed by atoms with Gasteiger partial charge in [0.2, 0.25) is 0 Å². The van der Waals surface area contributed by atoms with E-state index in [1.165, 1.54) is 61.4 Å². The van der Waals surface area contributed by atoms with E-state index in [0.717, 1.165) is 16.8 Å². The molecule has 2 aromatic heterocycles. The second-order valence-corrected chi connectivity index (χ2v) is 9.50. The molecule has 0 saturated heterocycles. The first-order chi connectivity index (χ1) is 19.2. The molecule has 0 amide bonds. The van der Waals surface area contributed by atoms with E-state index >= 15 is 0 Å². The smallest absolute Gasteiger partial charge is 0.354 e. The third kappa shape index (κ3) is 4.46. The van der Waals surface area contributed by atoms with Gasteiger partial charge in [0.05, 0.1) is 5.52 Å². The van der Waals surface area contributed by atoms with Crippen molar-refractivity contribution < 1.29 is 30.0 Å². The minimum absolute atomic E-state index is 0. The number of carboxylic acids is 1. The van der Waals surface area contributed by atoms with Gasteiger partial charge in [0, 0.05) is 31.7 Å². The van der Waals surface area contributed by atoms with Gasteiger partial charge in [-0.25, -0.2) is 9.78 Å². The molecule has 1 radical (unpaired) electrons. The number of benzene rings is 5. The number of fused-ring (bicyclic) bond motifs is 5. The zero-order valence-electron chi connectivity index (χ0n) is 21.1. The van der Waals surface area contributed by atoms with Gasteiger partial charge in [0.25, 0.3) is 0 Å². The summed E-state index contributed by atoms with van der Waals surface area (Å²) in [6.07, 6.45) is 1.45. The van der Waals surface area contributed by atoms with Gasteiger partial charge < -0.3 is 5.11 Å². The van der Waals surface area contributed by atoms with E-state index in [1.54, 1.807) is 12.1 Å². The third-order valence-electron chi connectivity index (χ3n) is 7.14. The molecule has 1 aliphatic rings. The van der Waals surface area contributed by atoms with Gasteiger partial charge in [-0.2, -0.15) is 0 Å². The van der Waals surface area contributed by atoms with Gasteiger partial charge in [-0.3, -0.25) is 4.98 Å². The molecular formula is C35H21IrN2O2-. The molecule has 0 atom stereocenters. The summed E-state index contributed by atoms with van der Waals surface area (Å²) in [6, 6.07) is 42.8. The fourth-order valence-corrected chi connectivity index (χ4v) is 5.33. The van der Waals surface area contributed by atoms with Crippen LogP contribution in [-0.4, -0.2) is 21.0 Å². The van der Waals surface area contributed by atoms with Crippen molar-refractivity contribution in [2.24, 2.45) is 0 Å². The second-order valence-electron chi connectivity index (χ2n) is 9.50. The zero-order valence-corrected chi connectivity index (χ0v) is 23.5. The molecular weight excluding hydrogens is 673 g/mol. The van der Waals surface area contributed by atoms with E-state index in [9.17, 15) is 4.79 Å². The van der Waals surface area contributed by atoms with Gasteiger partial charge in [0.1, 0.15) is 5.69 Å². The number of carbonyl (C=O) groups is 1. The van der Waals surface area contributed by atoms with Crippen LogP contribution in [0, 0.1) is 6.07 Å². The third-order valence-corrected chi connectivity index (χ3v) is 7.14. The van der Waals surface area contributed by atoms with Crippen LogP contribution in [0.25, 0.3) is 66.0 Å². The summed E-state index contributed by atoms with van der Waals surface area (Å²) in [6.45, 7) is 0. The van der Waals surface area contributed by atoms with Crippen molar-refractivity contribution in [2.45, 2.75) is 0 Å². The first kappa shape index (κ1) is 25.6. The average molecular weight is 694 g/mol. The van der Waals surface area contributed by atoms with Gasteiger partial charge in [0.15, 0.2) is 0 Å². The molecule has 0 unspecified atom stereocenters. The van der Waals surface area contributed by atoms with Crippen molar-refractivity contribution in [1.82, 2.24) is 9.97 Å². The summed E-state index contributed by atoms with van der Waals surface area (Å²) in [7, 11) is 0. The first-order valence-electron chi connectivity index (χ1n) is 12.7. The van der Waals surface area contributed by atoms with Gasteiger partial charge in [-0.05, 0) is 56.9 Å². The van der Waals surface area contributed by atoms with Crippen LogP contribution in [0.2, 0.25) is 0 Å². The van der Waals surface area contributed by atoms with Crippen LogP contribution in [-0.2, 0) is 20.1 Å². The van der Waals surface area contributed by atoms with E-state index in [4.69, 9.17) is 10.1 Å². The molecule has 8 rings (SSSR count). The Hall–Kier alpha value is -4.70. The minimum atomic E-state index is -0.990. The Morgan fingerprint density at radius 1 is 0.650 bits per heavy atom. The predicted molar refractivity (Wildman–Crippen MR) is 157 cm³/mol. The standard InChI is InChI=1S/C29H16N.C6H5NO2.Ir/c1-2-7-19-15-22-16-21(13-12-20(22)14-18(19)6-1)28-17-26-24-9-4-3-8-23(24)25-10-5-11-27(30-28)29(25)26;8-6(9)5-3-1-2-4-7-5;/h1-12,14-17H;1-4H,(H,8,9);/q-1;;. The van der Waals surface area contributed by atoms with Crippen molar-refractivity contribution in [2.75, 3.05) is 0 Å². The summed E-state index contributed by atoms with van der Waals surface area (Å²) in [4.78, 5) is 18.7. The average Bonchev–Trinajstić information content (AvgIpc) is 3.31. The Balaban J connectivity index is 0.000000250. The largest absolute Gasteiger partial charge is 0.477 e. The molecule has 0 bridgehead atoms. The predicted octanol–water partition coefficient (Wildman–Crippen LogP) is 8.43. The quantitative estimate of drug-likeness (QED) is 0.146. The maximum absolute atomic E-state index is 10.1. The number of aromatic carboxylic acids is 1. The topological polar surface area (TPSA) is 63.1 Å². The van der Waals surface area contributed by atoms with E-state index in [1.807, 2.05) is 0 Å². The summed E-state index contributed by atoms with van der Waals surface area (Å²) in [5, 5.41) is 14.5. The molecule has 193 valence electrons. The first-order valence-corrected chi connectivity index (χ1v) is 12.7. The minimum Gasteiger partial charge on any atom is -0.477 e. The number of nitrogens with zero attached hydrogens (tertiary/aromatic N) is 2. The van der Waals surface area contributed by atoms with Gasteiger partial charge in [-0.1, -0.05) is 90.3 Å². The number of carboxylic acid groups (broad SMARTS) is 1. The van der Waals surface area contributed by atoms with Crippen molar-refractivity contribution in [3.05, 3.63) is 133 Å². The molecule has 7 aromatic rings. The van der Waals surface area contributed by atoms with Crippen LogP contribution in [0.4, 0.5) is 0 Å². The summed E-state index contributed by atoms with van der Waals surface area (Å²) < 4.78 is 0. The molecule has 2 heterocycles. The number of aromatic nitrogens is 2. The second kappa shape index (κ2) is 10.5. The Bertz CT molecular complexity index is 2060. The number of hydrogen-bond donors (Lipinski definition) is 1. The van der Waals surface area contributed by atoms with Crippen LogP contribution in [0.3, 0.4) is 0 Å². The van der Waals surface area contributed by atoms with E-state index in [-0.39, 0.29) is 25.8 Å². The maximum atomic E-state index is 10.1. The monoisotopic (exact) mass is 694 g/mol. The Kier molecular flexibility index (Phi) is 6.69. The summed E-state index contributed by atoms with van der Waals surface area (Å²) >= 11 is 0. The van der Waals surface area contributed by atoms with Crippen molar-refractivity contribution >= 4 is 38.4 Å². The molecule has 40 heavy (non-hydrogen) atoms. The van der Waals surface area contributed by atoms with Gasteiger partial charge >= 0.3 is 5.97 Å². The Labute approximate surface area is 244 Å². The molecule has 0 fully saturated rings. The number of rotatable bonds is 2. The van der Waals surface area contributed by atoms with E-state index in [0.29, 0.717) is 0 Å². The van der Waals surface area contributed by atoms with E-state index in [2.05, 4.69) is 108 Å². The number of pyridine rings is 2. The molecule has 5 heteroatoms. The Morgan fingerprint density at radius 3 is 2.02 bits per heavy atom. The van der Waals surface area contributed by atoms with Crippen LogP contribution in [0.1, 0.15) is 10.5 Å². The molecule has 0 spiro atoms. The molecule has 1 aliphatic carbocycles. The van der Waals surface area contributed by atoms with Crippen LogP contribution >= 0.6 is 0 Å². The van der Waals surface area contributed by atoms with Crippen molar-refractivity contribution in [1.29, 1.82) is 0 Å². The SMILES string of the molecule is O=C(O)c1ccccn1.[Ir].[c-]1cc2cc3ccccc3cc2cc1-c1cc2c3c(cccc3n1)-c1ccccc1-2. The van der Waals surface area contributed by atoms with Crippen LogP contribution in [0.5, 0.6) is 0 Å². The van der Waals surface area contributed by atoms with Crippen molar-refractivity contribution in [3.63, 3.8) is 0 Å². The maximum Gasteiger partial charge on any atom is 0.354 e. The molecule has 5 aromatic carbocycles. The molecule has 0 saturated carbocycles. The molecule has 0 aliphatic heterocycles. The van der Waals surface area contributed by atoms with Crippen LogP contribution in [0.15, 0.2) is 121 Å². The zero-order chi connectivity index (χ0) is 26.3. The van der Waals surface area contributed by atoms with Crippen molar-refractivity contribution in [3.8, 4) is 33.5 Å². The summed E-state index contributed by atoms with van der Waals surface area (Å²) in [5.74, 6) is -0.990. The van der Waals surface area contributed by atoms with E-state index < -0.39 is 5.97 Å². The fraction of sp³-hybridized carbons (Fsp3) is 0. The molecule has 1 N–H and O–H groups in total. The Morgan fingerprint density at radius 2 is 1.32 bits per heavy atom. The van der Waals surface area contributed by atoms with Gasteiger partial charge in [-0.15, -0.1) is 29.1 Å². The number of hydrogen-bond acceptors (Lipinski definition) is 3. The molecule has 4 nitrogen and oxygen atoms in total. The van der Waals surface area contributed by atoms with Crippen LogP contribution < -0.4 is 0 Å². The normalized spacial score (nSPS) is 11.0.